The molecule has 0 aromatic heterocycles. The molecule has 0 unspecified atom stereocenters. The SMILES string of the molecule is COC(=O)c1ccc(CNC2(C(=O)OC(C)(C)C)CCC(O)CC2)cc1. The van der Waals surface area contributed by atoms with Crippen molar-refractivity contribution in [3.63, 3.8) is 0 Å². The molecule has 0 radical (unpaired) electrons. The van der Waals surface area contributed by atoms with E-state index in [0.29, 0.717) is 37.8 Å². The summed E-state index contributed by atoms with van der Waals surface area (Å²) in [6.07, 6.45) is 1.82. The van der Waals surface area contributed by atoms with E-state index in [1.54, 1.807) is 12.1 Å². The average Bonchev–Trinajstić information content (AvgIpc) is 2.60. The lowest BCUT2D eigenvalue weighted by Gasteiger charge is -2.39. The average molecular weight is 363 g/mol. The van der Waals surface area contributed by atoms with Gasteiger partial charge in [-0.25, -0.2) is 4.79 Å². The number of aliphatic hydroxyl groups is 1. The van der Waals surface area contributed by atoms with Crippen molar-refractivity contribution in [3.8, 4) is 0 Å². The second kappa shape index (κ2) is 8.18. The minimum Gasteiger partial charge on any atom is -0.465 e. The maximum atomic E-state index is 12.8. The molecule has 2 N–H and O–H groups in total. The summed E-state index contributed by atoms with van der Waals surface area (Å²) in [5, 5.41) is 13.2. The molecule has 144 valence electrons. The molecule has 0 spiro atoms. The third kappa shape index (κ3) is 5.29. The van der Waals surface area contributed by atoms with E-state index in [-0.39, 0.29) is 18.0 Å². The maximum absolute atomic E-state index is 12.8. The summed E-state index contributed by atoms with van der Waals surface area (Å²) in [6.45, 7) is 6.02. The van der Waals surface area contributed by atoms with E-state index in [0.717, 1.165) is 5.56 Å². The predicted molar refractivity (Wildman–Crippen MR) is 97.7 cm³/mol. The zero-order valence-corrected chi connectivity index (χ0v) is 16.0. The Bertz CT molecular complexity index is 625. The molecule has 6 heteroatoms. The molecule has 26 heavy (non-hydrogen) atoms. The lowest BCUT2D eigenvalue weighted by molar-refractivity contribution is -0.166. The number of carbonyl (C=O) groups excluding carboxylic acids is 2. The zero-order chi connectivity index (χ0) is 19.4. The standard InChI is InChI=1S/C20H29NO5/c1-19(2,3)26-18(24)20(11-9-16(22)10-12-20)21-13-14-5-7-15(8-6-14)17(23)25-4/h5-8,16,21-22H,9-13H2,1-4H3. The second-order valence-corrected chi connectivity index (χ2v) is 7.86. The fourth-order valence-corrected chi connectivity index (χ4v) is 3.07. The van der Waals surface area contributed by atoms with E-state index in [9.17, 15) is 14.7 Å². The molecule has 0 heterocycles. The number of rotatable bonds is 5. The van der Waals surface area contributed by atoms with Crippen molar-refractivity contribution in [2.24, 2.45) is 0 Å². The van der Waals surface area contributed by atoms with Gasteiger partial charge in [-0.3, -0.25) is 10.1 Å². The van der Waals surface area contributed by atoms with Crippen molar-refractivity contribution in [2.45, 2.75) is 70.2 Å². The summed E-state index contributed by atoms with van der Waals surface area (Å²) in [6, 6.07) is 7.07. The van der Waals surface area contributed by atoms with Crippen LogP contribution in [0.2, 0.25) is 0 Å². The minimum atomic E-state index is -0.798. The quantitative estimate of drug-likeness (QED) is 0.782. The number of carbonyl (C=O) groups is 2. The van der Waals surface area contributed by atoms with Gasteiger partial charge < -0.3 is 14.6 Å². The first-order valence-electron chi connectivity index (χ1n) is 8.99. The normalized spacial score (nSPS) is 23.3. The van der Waals surface area contributed by atoms with Gasteiger partial charge in [-0.1, -0.05) is 12.1 Å². The van der Waals surface area contributed by atoms with Gasteiger partial charge in [0, 0.05) is 6.54 Å². The fourth-order valence-electron chi connectivity index (χ4n) is 3.07. The molecule has 0 aliphatic heterocycles. The van der Waals surface area contributed by atoms with Crippen LogP contribution in [0.5, 0.6) is 0 Å². The van der Waals surface area contributed by atoms with Crippen molar-refractivity contribution in [1.29, 1.82) is 0 Å². The molecule has 1 aromatic carbocycles. The van der Waals surface area contributed by atoms with Gasteiger partial charge >= 0.3 is 11.9 Å². The Morgan fingerprint density at radius 3 is 2.27 bits per heavy atom. The van der Waals surface area contributed by atoms with Crippen molar-refractivity contribution in [1.82, 2.24) is 5.32 Å². The summed E-state index contributed by atoms with van der Waals surface area (Å²) in [7, 11) is 1.35. The highest BCUT2D eigenvalue weighted by Crippen LogP contribution is 2.31. The molecular weight excluding hydrogens is 334 g/mol. The van der Waals surface area contributed by atoms with Crippen LogP contribution in [0.4, 0.5) is 0 Å². The number of benzene rings is 1. The third-order valence-corrected chi connectivity index (χ3v) is 4.60. The number of esters is 2. The number of hydrogen-bond donors (Lipinski definition) is 2. The van der Waals surface area contributed by atoms with E-state index in [1.807, 2.05) is 32.9 Å². The molecule has 0 amide bonds. The first-order valence-corrected chi connectivity index (χ1v) is 8.99. The van der Waals surface area contributed by atoms with Crippen molar-refractivity contribution in [2.75, 3.05) is 7.11 Å². The van der Waals surface area contributed by atoms with E-state index in [1.165, 1.54) is 7.11 Å². The van der Waals surface area contributed by atoms with Gasteiger partial charge in [0.25, 0.3) is 0 Å². The molecular formula is C20H29NO5. The van der Waals surface area contributed by atoms with Crippen LogP contribution < -0.4 is 5.32 Å². The summed E-state index contributed by atoms with van der Waals surface area (Å²) < 4.78 is 10.3. The van der Waals surface area contributed by atoms with Crippen LogP contribution in [0.25, 0.3) is 0 Å². The van der Waals surface area contributed by atoms with Gasteiger partial charge in [0.15, 0.2) is 0 Å². The molecule has 0 saturated heterocycles. The number of ether oxygens (including phenoxy) is 2. The van der Waals surface area contributed by atoms with Gasteiger partial charge in [-0.15, -0.1) is 0 Å². The van der Waals surface area contributed by atoms with Gasteiger partial charge in [0.1, 0.15) is 11.1 Å². The lowest BCUT2D eigenvalue weighted by Crippen LogP contribution is -2.56. The third-order valence-electron chi connectivity index (χ3n) is 4.60. The monoisotopic (exact) mass is 363 g/mol. The van der Waals surface area contributed by atoms with Crippen LogP contribution in [0.1, 0.15) is 62.4 Å². The molecule has 1 aliphatic carbocycles. The van der Waals surface area contributed by atoms with E-state index >= 15 is 0 Å². The van der Waals surface area contributed by atoms with Gasteiger partial charge in [-0.2, -0.15) is 0 Å². The Morgan fingerprint density at radius 2 is 1.77 bits per heavy atom. The van der Waals surface area contributed by atoms with Gasteiger partial charge in [0.2, 0.25) is 0 Å². The number of aliphatic hydroxyl groups excluding tert-OH is 1. The summed E-state index contributed by atoms with van der Waals surface area (Å²) in [5.41, 5.74) is 0.0722. The van der Waals surface area contributed by atoms with Crippen LogP contribution in [0.3, 0.4) is 0 Å². The number of methoxy groups -OCH3 is 1. The summed E-state index contributed by atoms with van der Waals surface area (Å²) in [4.78, 5) is 24.3. The van der Waals surface area contributed by atoms with Crippen LogP contribution >= 0.6 is 0 Å². The molecule has 0 bridgehead atoms. The first kappa shape index (κ1) is 20.4. The van der Waals surface area contributed by atoms with Crippen LogP contribution in [-0.2, 0) is 20.8 Å². The summed E-state index contributed by atoms with van der Waals surface area (Å²) >= 11 is 0. The predicted octanol–water partition coefficient (Wildman–Crippen LogP) is 2.58. The van der Waals surface area contributed by atoms with E-state index in [2.05, 4.69) is 5.32 Å². The molecule has 1 aliphatic rings. The Hall–Kier alpha value is -1.92. The number of nitrogens with one attached hydrogen (secondary N) is 1. The molecule has 1 saturated carbocycles. The number of hydrogen-bond acceptors (Lipinski definition) is 6. The minimum absolute atomic E-state index is 0.275. The fraction of sp³-hybridized carbons (Fsp3) is 0.600. The molecule has 2 rings (SSSR count). The highest BCUT2D eigenvalue weighted by atomic mass is 16.6. The molecule has 1 fully saturated rings. The highest BCUT2D eigenvalue weighted by Gasteiger charge is 2.43. The van der Waals surface area contributed by atoms with E-state index < -0.39 is 11.1 Å². The Labute approximate surface area is 154 Å². The highest BCUT2D eigenvalue weighted by molar-refractivity contribution is 5.89. The van der Waals surface area contributed by atoms with Crippen LogP contribution in [0, 0.1) is 0 Å². The van der Waals surface area contributed by atoms with Crippen LogP contribution in [0.15, 0.2) is 24.3 Å². The molecule has 1 aromatic rings. The first-order chi connectivity index (χ1) is 12.1. The van der Waals surface area contributed by atoms with Crippen LogP contribution in [-0.4, -0.2) is 41.4 Å². The topological polar surface area (TPSA) is 84.9 Å². The van der Waals surface area contributed by atoms with Crippen molar-refractivity contribution >= 4 is 11.9 Å². The smallest absolute Gasteiger partial charge is 0.337 e. The maximum Gasteiger partial charge on any atom is 0.337 e. The molecule has 0 atom stereocenters. The lowest BCUT2D eigenvalue weighted by atomic mass is 9.80. The van der Waals surface area contributed by atoms with Gasteiger partial charge in [-0.05, 0) is 64.2 Å². The zero-order valence-electron chi connectivity index (χ0n) is 16.0. The van der Waals surface area contributed by atoms with E-state index in [4.69, 9.17) is 9.47 Å². The van der Waals surface area contributed by atoms with Gasteiger partial charge in [0.05, 0.1) is 18.8 Å². The Morgan fingerprint density at radius 1 is 1.19 bits per heavy atom. The van der Waals surface area contributed by atoms with Crippen molar-refractivity contribution < 1.29 is 24.2 Å². The summed E-state index contributed by atoms with van der Waals surface area (Å²) in [5.74, 6) is -0.654. The van der Waals surface area contributed by atoms with Crippen molar-refractivity contribution in [3.05, 3.63) is 35.4 Å². The Balaban J connectivity index is 2.09. The molecule has 6 nitrogen and oxygen atoms in total. The largest absolute Gasteiger partial charge is 0.465 e. The second-order valence-electron chi connectivity index (χ2n) is 7.86. The Kier molecular flexibility index (Phi) is 6.42.